The van der Waals surface area contributed by atoms with E-state index >= 15 is 0 Å². The summed E-state index contributed by atoms with van der Waals surface area (Å²) < 4.78 is 3.11. The second-order valence-corrected chi connectivity index (χ2v) is 7.88. The Balaban J connectivity index is 1.97. The molecule has 0 aliphatic rings. The van der Waals surface area contributed by atoms with Crippen molar-refractivity contribution in [1.29, 1.82) is 0 Å². The lowest BCUT2D eigenvalue weighted by Crippen LogP contribution is -2.34. The lowest BCUT2D eigenvalue weighted by molar-refractivity contribution is 0.0983. The zero-order valence-electron chi connectivity index (χ0n) is 18.0. The molecule has 2 heterocycles. The van der Waals surface area contributed by atoms with Crippen molar-refractivity contribution in [3.05, 3.63) is 70.1 Å². The first kappa shape index (κ1) is 19.9. The molecule has 0 saturated heterocycles. The Morgan fingerprint density at radius 2 is 1.83 bits per heavy atom. The third-order valence-corrected chi connectivity index (χ3v) is 5.70. The number of anilines is 1. The number of rotatable bonds is 4. The van der Waals surface area contributed by atoms with Crippen molar-refractivity contribution in [2.45, 2.75) is 26.7 Å². The number of carbonyl (C=O) groups is 1. The Bertz CT molecular complexity index is 1330. The zero-order valence-corrected chi connectivity index (χ0v) is 18.0. The minimum atomic E-state index is -0.217. The fourth-order valence-corrected chi connectivity index (χ4v) is 4.05. The summed E-state index contributed by atoms with van der Waals surface area (Å²) in [5.74, 6) is 0.148. The van der Waals surface area contributed by atoms with Crippen LogP contribution in [0, 0.1) is 0 Å². The molecule has 0 N–H and O–H groups in total. The molecule has 1 amide bonds. The monoisotopic (exact) mass is 402 g/mol. The largest absolute Gasteiger partial charge is 0.339 e. The van der Waals surface area contributed by atoms with E-state index in [1.54, 1.807) is 11.9 Å². The lowest BCUT2D eigenvalue weighted by Gasteiger charge is -2.22. The van der Waals surface area contributed by atoms with Gasteiger partial charge < -0.3 is 9.47 Å². The molecule has 0 fully saturated rings. The van der Waals surface area contributed by atoms with Gasteiger partial charge >= 0.3 is 0 Å². The summed E-state index contributed by atoms with van der Waals surface area (Å²) in [4.78, 5) is 28.3. The van der Waals surface area contributed by atoms with Gasteiger partial charge in [0.25, 0.3) is 11.5 Å². The van der Waals surface area contributed by atoms with Gasteiger partial charge in [-0.3, -0.25) is 9.59 Å². The Morgan fingerprint density at radius 3 is 2.53 bits per heavy atom. The minimum absolute atomic E-state index is 0.213. The number of fused-ring (bicyclic) bond motifs is 3. The molecule has 4 aromatic rings. The quantitative estimate of drug-likeness (QED) is 0.514. The number of hydrogen-bond acceptors (Lipinski definition) is 3. The lowest BCUT2D eigenvalue weighted by atomic mass is 10.0. The molecular weight excluding hydrogens is 376 g/mol. The molecule has 0 spiro atoms. The number of hydrogen-bond donors (Lipinski definition) is 0. The van der Waals surface area contributed by atoms with E-state index in [0.29, 0.717) is 29.1 Å². The van der Waals surface area contributed by atoms with E-state index in [9.17, 15) is 9.59 Å². The van der Waals surface area contributed by atoms with Gasteiger partial charge in [0, 0.05) is 42.6 Å². The molecule has 0 radical (unpaired) electrons. The highest BCUT2D eigenvalue weighted by Gasteiger charge is 2.26. The maximum atomic E-state index is 13.7. The topological polar surface area (TPSA) is 60.1 Å². The van der Waals surface area contributed by atoms with E-state index in [1.807, 2.05) is 61.0 Å². The van der Waals surface area contributed by atoms with Crippen molar-refractivity contribution < 1.29 is 4.79 Å². The summed E-state index contributed by atoms with van der Waals surface area (Å²) in [5.41, 5.74) is 3.46. The van der Waals surface area contributed by atoms with Gasteiger partial charge in [-0.1, -0.05) is 44.2 Å². The molecule has 0 saturated carbocycles. The number of para-hydroxylation sites is 1. The van der Waals surface area contributed by atoms with Gasteiger partial charge in [0.1, 0.15) is 5.52 Å². The number of carbonyl (C=O) groups excluding carboxylic acids is 1. The average Bonchev–Trinajstić information content (AvgIpc) is 3.04. The third-order valence-electron chi connectivity index (χ3n) is 5.70. The summed E-state index contributed by atoms with van der Waals surface area (Å²) >= 11 is 0. The predicted molar refractivity (Wildman–Crippen MR) is 121 cm³/mol. The van der Waals surface area contributed by atoms with E-state index in [4.69, 9.17) is 0 Å². The van der Waals surface area contributed by atoms with E-state index < -0.39 is 0 Å². The van der Waals surface area contributed by atoms with Gasteiger partial charge in [-0.2, -0.15) is 5.10 Å². The maximum Gasteiger partial charge on any atom is 0.291 e. The van der Waals surface area contributed by atoms with Crippen molar-refractivity contribution in [2.75, 3.05) is 11.4 Å². The fraction of sp³-hybridized carbons (Fsp3) is 0.292. The number of nitrogens with zero attached hydrogens (tertiary/aromatic N) is 4. The normalized spacial score (nSPS) is 11.5. The molecule has 6 nitrogen and oxygen atoms in total. The van der Waals surface area contributed by atoms with Crippen LogP contribution in [0.15, 0.2) is 53.3 Å². The van der Waals surface area contributed by atoms with Crippen LogP contribution in [0.3, 0.4) is 0 Å². The second-order valence-electron chi connectivity index (χ2n) is 7.88. The summed E-state index contributed by atoms with van der Waals surface area (Å²) in [6.45, 7) is 6.70. The van der Waals surface area contributed by atoms with Crippen molar-refractivity contribution in [2.24, 2.45) is 14.1 Å². The molecule has 0 aliphatic carbocycles. The van der Waals surface area contributed by atoms with Gasteiger partial charge in [0.05, 0.1) is 0 Å². The van der Waals surface area contributed by atoms with Crippen LogP contribution in [0.2, 0.25) is 0 Å². The summed E-state index contributed by atoms with van der Waals surface area (Å²) in [5, 5.41) is 5.88. The maximum absolute atomic E-state index is 13.7. The van der Waals surface area contributed by atoms with Crippen molar-refractivity contribution in [3.8, 4) is 0 Å². The molecule has 0 aliphatic heterocycles. The number of benzene rings is 2. The molecule has 6 heteroatoms. The second kappa shape index (κ2) is 7.44. The SMILES string of the molecule is CCN(C(=O)c1nn(C)c(=O)c2c1c1ccccc1n2C)c1cccc(C(C)C)c1. The van der Waals surface area contributed by atoms with Gasteiger partial charge in [0.15, 0.2) is 5.69 Å². The first-order valence-electron chi connectivity index (χ1n) is 10.2. The highest BCUT2D eigenvalue weighted by atomic mass is 16.2. The number of aryl methyl sites for hydroxylation is 2. The minimum Gasteiger partial charge on any atom is -0.339 e. The van der Waals surface area contributed by atoms with Crippen LogP contribution in [0.4, 0.5) is 5.69 Å². The zero-order chi connectivity index (χ0) is 21.6. The van der Waals surface area contributed by atoms with Gasteiger partial charge in [0.2, 0.25) is 0 Å². The summed E-state index contributed by atoms with van der Waals surface area (Å²) in [6, 6.07) is 15.8. The first-order chi connectivity index (χ1) is 14.3. The molecule has 0 bridgehead atoms. The van der Waals surface area contributed by atoms with E-state index in [1.165, 1.54) is 10.2 Å². The van der Waals surface area contributed by atoms with E-state index in [2.05, 4.69) is 25.0 Å². The first-order valence-corrected chi connectivity index (χ1v) is 10.2. The van der Waals surface area contributed by atoms with Crippen LogP contribution in [0.5, 0.6) is 0 Å². The van der Waals surface area contributed by atoms with Gasteiger partial charge in [-0.05, 0) is 36.6 Å². The van der Waals surface area contributed by atoms with Crippen LogP contribution in [-0.2, 0) is 14.1 Å². The molecule has 0 unspecified atom stereocenters. The standard InChI is InChI=1S/C24H26N4O2/c1-6-28(17-11-9-10-16(14-17)15(2)3)23(29)21-20-18-12-7-8-13-19(18)26(4)22(20)24(30)27(5)25-21/h7-15H,6H2,1-5H3. The average molecular weight is 402 g/mol. The third kappa shape index (κ3) is 3.00. The number of aromatic nitrogens is 3. The van der Waals surface area contributed by atoms with Crippen molar-refractivity contribution >= 4 is 33.4 Å². The highest BCUT2D eigenvalue weighted by molar-refractivity contribution is 6.20. The van der Waals surface area contributed by atoms with Gasteiger partial charge in [-0.25, -0.2) is 4.68 Å². The van der Waals surface area contributed by atoms with Crippen molar-refractivity contribution in [1.82, 2.24) is 14.3 Å². The Morgan fingerprint density at radius 1 is 1.10 bits per heavy atom. The fourth-order valence-electron chi connectivity index (χ4n) is 4.05. The van der Waals surface area contributed by atoms with Crippen LogP contribution in [-0.4, -0.2) is 26.8 Å². The Labute approximate surface area is 175 Å². The smallest absolute Gasteiger partial charge is 0.291 e. The molecule has 30 heavy (non-hydrogen) atoms. The van der Waals surface area contributed by atoms with Crippen LogP contribution >= 0.6 is 0 Å². The summed E-state index contributed by atoms with van der Waals surface area (Å²) in [6.07, 6.45) is 0. The number of amides is 1. The van der Waals surface area contributed by atoms with Gasteiger partial charge in [-0.15, -0.1) is 0 Å². The van der Waals surface area contributed by atoms with Crippen LogP contribution < -0.4 is 10.5 Å². The highest BCUT2D eigenvalue weighted by Crippen LogP contribution is 2.30. The van der Waals surface area contributed by atoms with E-state index in [0.717, 1.165) is 16.6 Å². The Kier molecular flexibility index (Phi) is 4.94. The molecule has 2 aromatic carbocycles. The Hall–Kier alpha value is -3.41. The van der Waals surface area contributed by atoms with E-state index in [-0.39, 0.29) is 11.5 Å². The molecule has 2 aromatic heterocycles. The molecular formula is C24H26N4O2. The molecule has 0 atom stereocenters. The molecule has 4 rings (SSSR count). The molecule has 154 valence electrons. The van der Waals surface area contributed by atoms with Crippen molar-refractivity contribution in [3.63, 3.8) is 0 Å². The van der Waals surface area contributed by atoms with Crippen LogP contribution in [0.1, 0.15) is 42.7 Å². The summed E-state index contributed by atoms with van der Waals surface area (Å²) in [7, 11) is 3.44. The van der Waals surface area contributed by atoms with Crippen LogP contribution in [0.25, 0.3) is 21.8 Å². The predicted octanol–water partition coefficient (Wildman–Crippen LogP) is 4.22.